The lowest BCUT2D eigenvalue weighted by Crippen LogP contribution is -2.37. The zero-order chi connectivity index (χ0) is 99.7. The highest BCUT2D eigenvalue weighted by Crippen LogP contribution is 2.41. The van der Waals surface area contributed by atoms with E-state index in [1.807, 2.05) is 54.6 Å². The summed E-state index contributed by atoms with van der Waals surface area (Å²) in [6.45, 7) is 17.5. The van der Waals surface area contributed by atoms with Gasteiger partial charge in [0.15, 0.2) is 34.5 Å². The van der Waals surface area contributed by atoms with Gasteiger partial charge in [0.05, 0.1) is 56.9 Å². The molecular formula is C122H155N5O13. The number of ether oxygens (including phenoxy) is 8. The van der Waals surface area contributed by atoms with E-state index in [-0.39, 0.29) is 47.3 Å². The number of nitrogens with one attached hydrogen (secondary N) is 5. The summed E-state index contributed by atoms with van der Waals surface area (Å²) in [6, 6.07) is 72.4. The largest absolute Gasteiger partial charge is 0.497 e. The van der Waals surface area contributed by atoms with Crippen LogP contribution in [0.5, 0.6) is 46.0 Å². The molecule has 6 atom stereocenters. The van der Waals surface area contributed by atoms with Gasteiger partial charge in [0.25, 0.3) is 0 Å². The second kappa shape index (κ2) is 56.6. The van der Waals surface area contributed by atoms with E-state index in [9.17, 15) is 24.0 Å². The molecule has 6 unspecified atom stereocenters. The SMILES string of the molecule is COc1cc(C)cc(C/C2=C(\C(=O)NCc3ccc(C)cc3)CCCCCC2)c1.COc1ccc(C)cc1CC1CCCCC1C(=O)NCc1ccc(C)cc1.COc1ccc(CC2=C(C(=O)NCc3ccc(C)cc3)CCCC2)cc1OC.COc1ccc(CC2CCCCC2C(=O)NCc2ccc(C)cc2)cc1OC.COc1ccc(CC2CCCCC2C(=O)NCc2ccc(C)cc2)cc1OC. The number of hydrogen-bond acceptors (Lipinski definition) is 13. The van der Waals surface area contributed by atoms with E-state index in [0.717, 1.165) is 232 Å². The predicted octanol–water partition coefficient (Wildman–Crippen LogP) is 24.9. The molecule has 3 fully saturated rings. The van der Waals surface area contributed by atoms with Crippen molar-refractivity contribution in [2.45, 2.75) is 255 Å². The topological polar surface area (TPSA) is 219 Å². The molecule has 0 bridgehead atoms. The first-order chi connectivity index (χ1) is 67.9. The number of hydrogen-bond donors (Lipinski definition) is 5. The van der Waals surface area contributed by atoms with Crippen molar-refractivity contribution < 1.29 is 61.9 Å². The molecule has 3 saturated carbocycles. The Labute approximate surface area is 835 Å². The lowest BCUT2D eigenvalue weighted by atomic mass is 9.75. The Morgan fingerprint density at radius 3 is 0.900 bits per heavy atom. The minimum absolute atomic E-state index is 0.0655. The van der Waals surface area contributed by atoms with Crippen LogP contribution in [0.15, 0.2) is 235 Å². The normalized spacial score (nSPS) is 17.8. The molecule has 0 saturated heterocycles. The molecule has 140 heavy (non-hydrogen) atoms. The summed E-state index contributed by atoms with van der Waals surface area (Å²) in [7, 11) is 13.3. The van der Waals surface area contributed by atoms with Crippen molar-refractivity contribution in [3.8, 4) is 46.0 Å². The molecule has 0 spiro atoms. The van der Waals surface area contributed by atoms with Gasteiger partial charge in [0.2, 0.25) is 29.5 Å². The molecule has 0 aromatic heterocycles. The van der Waals surface area contributed by atoms with Crippen molar-refractivity contribution >= 4 is 29.5 Å². The molecule has 10 aromatic carbocycles. The fourth-order valence-corrected chi connectivity index (χ4v) is 20.2. The van der Waals surface area contributed by atoms with Gasteiger partial charge in [-0.05, 0) is 304 Å². The van der Waals surface area contributed by atoms with Crippen LogP contribution in [0, 0.1) is 84.0 Å². The molecule has 10 aromatic rings. The van der Waals surface area contributed by atoms with Crippen LogP contribution >= 0.6 is 0 Å². The number of allylic oxidation sites excluding steroid dienone is 2. The van der Waals surface area contributed by atoms with Crippen LogP contribution in [0.2, 0.25) is 0 Å². The van der Waals surface area contributed by atoms with Crippen LogP contribution in [0.25, 0.3) is 0 Å². The Hall–Kier alpha value is -12.6. The van der Waals surface area contributed by atoms with E-state index in [2.05, 4.69) is 233 Å². The Morgan fingerprint density at radius 1 is 0.243 bits per heavy atom. The monoisotopic (exact) mass is 1900 g/mol. The first-order valence-corrected chi connectivity index (χ1v) is 50.9. The van der Waals surface area contributed by atoms with Gasteiger partial charge < -0.3 is 64.5 Å². The van der Waals surface area contributed by atoms with Crippen LogP contribution in [0.4, 0.5) is 0 Å². The minimum Gasteiger partial charge on any atom is -0.497 e. The standard InChI is InChI=1S/C26H33NO2.2C24H31NO3.C24H29NO3.C24H31NO2/c1-19-10-12-21(13-11-19)18-27-26(28)25-9-7-5-4-6-8-23(25)16-22-14-20(2)15-24(17-22)29-3;3*1-17-8-10-18(11-9-17)16-25-24(26)21-7-5-4-6-20(21)14-19-12-13-22(27-2)23(15-19)28-3;1-17-8-11-19(12-9-17)16-25-24(26)22-7-5-4-6-20(22)15-21-14-18(2)10-13-23(21)27-3/h10-15,17H,4-9,16,18H2,1-3H3,(H,27,28);2*8-13,15,20-21H,4-7,14,16H2,1-3H3,(H,25,26);8-13,15H,4-7,14,16H2,1-3H3,(H,25,26);8-14,20,22H,4-7,15-16H2,1-3H3,(H,25,26)/b25-23-;;;;. The molecule has 18 heteroatoms. The minimum atomic E-state index is 0.0655. The van der Waals surface area contributed by atoms with E-state index in [1.165, 1.54) is 104 Å². The first kappa shape index (κ1) is 108. The molecular weight excluding hydrogens is 1740 g/mol. The number of amides is 5. The highest BCUT2D eigenvalue weighted by molar-refractivity contribution is 5.95. The lowest BCUT2D eigenvalue weighted by Gasteiger charge is -2.31. The Kier molecular flexibility index (Phi) is 43.6. The van der Waals surface area contributed by atoms with E-state index in [4.69, 9.17) is 37.9 Å². The second-order valence-corrected chi connectivity index (χ2v) is 38.9. The smallest absolute Gasteiger partial charge is 0.247 e. The van der Waals surface area contributed by atoms with Crippen LogP contribution in [0.3, 0.4) is 0 Å². The van der Waals surface area contributed by atoms with E-state index >= 15 is 0 Å². The number of benzene rings is 10. The maximum atomic E-state index is 13.1. The van der Waals surface area contributed by atoms with Crippen LogP contribution in [-0.2, 0) is 88.8 Å². The van der Waals surface area contributed by atoms with Crippen LogP contribution in [-0.4, -0.2) is 86.4 Å². The molecule has 5 N–H and O–H groups in total. The van der Waals surface area contributed by atoms with Crippen molar-refractivity contribution in [2.75, 3.05) is 56.9 Å². The van der Waals surface area contributed by atoms with Gasteiger partial charge in [-0.2, -0.15) is 0 Å². The van der Waals surface area contributed by atoms with Crippen molar-refractivity contribution in [1.82, 2.24) is 26.6 Å². The third-order valence-corrected chi connectivity index (χ3v) is 28.3. The predicted molar refractivity (Wildman–Crippen MR) is 564 cm³/mol. The Morgan fingerprint density at radius 2 is 0.536 bits per heavy atom. The van der Waals surface area contributed by atoms with Crippen LogP contribution < -0.4 is 64.5 Å². The van der Waals surface area contributed by atoms with E-state index in [0.29, 0.717) is 50.5 Å². The molecule has 0 radical (unpaired) electrons. The molecule has 15 rings (SSSR count). The Balaban J connectivity index is 0.000000167. The maximum Gasteiger partial charge on any atom is 0.247 e. The van der Waals surface area contributed by atoms with Crippen LogP contribution in [0.1, 0.15) is 236 Å². The van der Waals surface area contributed by atoms with Crippen molar-refractivity contribution in [3.63, 3.8) is 0 Å². The number of methoxy groups -OCH3 is 8. The summed E-state index contributed by atoms with van der Waals surface area (Å²) < 4.78 is 43.3. The molecule has 5 aliphatic rings. The fourth-order valence-electron chi connectivity index (χ4n) is 20.2. The van der Waals surface area contributed by atoms with Gasteiger partial charge in [-0.15, -0.1) is 0 Å². The average molecular weight is 1900 g/mol. The first-order valence-electron chi connectivity index (χ1n) is 50.9. The molecule has 0 aliphatic heterocycles. The lowest BCUT2D eigenvalue weighted by molar-refractivity contribution is -0.128. The summed E-state index contributed by atoms with van der Waals surface area (Å²) >= 11 is 0. The summed E-state index contributed by atoms with van der Waals surface area (Å²) in [5, 5.41) is 15.8. The van der Waals surface area contributed by atoms with Crippen molar-refractivity contribution in [1.29, 1.82) is 0 Å². The molecule has 0 heterocycles. The van der Waals surface area contributed by atoms with Gasteiger partial charge in [0.1, 0.15) is 11.5 Å². The van der Waals surface area contributed by atoms with Crippen molar-refractivity contribution in [3.05, 3.63) is 329 Å². The zero-order valence-electron chi connectivity index (χ0n) is 86.1. The summed E-state index contributed by atoms with van der Waals surface area (Å²) in [5.74, 6) is 8.33. The molecule has 746 valence electrons. The molecule has 5 aliphatic carbocycles. The summed E-state index contributed by atoms with van der Waals surface area (Å²) in [4.78, 5) is 64.7. The summed E-state index contributed by atoms with van der Waals surface area (Å²) in [6.07, 6.45) is 28.1. The number of carbonyl (C=O) groups is 5. The number of aryl methyl sites for hydroxylation is 7. The van der Waals surface area contributed by atoms with Gasteiger partial charge in [-0.25, -0.2) is 0 Å². The third-order valence-electron chi connectivity index (χ3n) is 28.3. The fraction of sp³-hybridized carbons (Fsp3) is 0.434. The molecule has 18 nitrogen and oxygen atoms in total. The van der Waals surface area contributed by atoms with Gasteiger partial charge >= 0.3 is 0 Å². The zero-order valence-corrected chi connectivity index (χ0v) is 86.1. The Bertz CT molecular complexity index is 5530. The third kappa shape index (κ3) is 33.9. The molecule has 5 amide bonds. The van der Waals surface area contributed by atoms with Gasteiger partial charge in [-0.1, -0.05) is 254 Å². The maximum absolute atomic E-state index is 13.1. The van der Waals surface area contributed by atoms with Gasteiger partial charge in [0, 0.05) is 61.6 Å². The highest BCUT2D eigenvalue weighted by Gasteiger charge is 2.35. The quantitative estimate of drug-likeness (QED) is 0.0259. The van der Waals surface area contributed by atoms with E-state index in [1.54, 1.807) is 56.9 Å². The highest BCUT2D eigenvalue weighted by atomic mass is 16.5. The number of carbonyl (C=O) groups excluding carboxylic acids is 5. The van der Waals surface area contributed by atoms with E-state index < -0.39 is 0 Å². The summed E-state index contributed by atoms with van der Waals surface area (Å²) in [5.41, 5.74) is 24.8. The number of rotatable bonds is 33. The average Bonchev–Trinajstić information content (AvgIpc) is 0.834. The second-order valence-electron chi connectivity index (χ2n) is 38.9. The van der Waals surface area contributed by atoms with Crippen molar-refractivity contribution in [2.24, 2.45) is 35.5 Å². The van der Waals surface area contributed by atoms with Gasteiger partial charge in [-0.3, -0.25) is 24.0 Å².